The van der Waals surface area contributed by atoms with Crippen molar-refractivity contribution in [2.24, 2.45) is 0 Å². The molecule has 10 heavy (non-hydrogen) atoms. The maximum Gasteiger partial charge on any atom is 0.232 e. The van der Waals surface area contributed by atoms with Crippen LogP contribution in [0, 0.1) is 0 Å². The first kappa shape index (κ1) is 10.2. The molecule has 0 aliphatic carbocycles. The van der Waals surface area contributed by atoms with Gasteiger partial charge in [0.15, 0.2) is 0 Å². The average Bonchev–Trinajstić information content (AvgIpc) is 1.88. The van der Waals surface area contributed by atoms with Crippen LogP contribution in [0.4, 0.5) is 0 Å². The first-order chi connectivity index (χ1) is 4.68. The van der Waals surface area contributed by atoms with Crippen LogP contribution in [0.3, 0.4) is 0 Å². The summed E-state index contributed by atoms with van der Waals surface area (Å²) >= 11 is 2.07. The summed E-state index contributed by atoms with van der Waals surface area (Å²) in [6.45, 7) is 3.03. The number of carbonyl (C=O) groups excluding carboxylic acids is 1. The maximum atomic E-state index is 10.8. The minimum Gasteiger partial charge on any atom is -0.383 e. The quantitative estimate of drug-likeness (QED) is 0.454. The molecule has 1 atom stereocenters. The van der Waals surface area contributed by atoms with Gasteiger partial charge in [-0.3, -0.25) is 4.79 Å². The standard InChI is InChI=1S/C6H12INO2/c1-5(7)6(9)8-3-4-10-2/h5H,3-4H2,1-2H3,(H,8,9). The lowest BCUT2D eigenvalue weighted by molar-refractivity contribution is -0.120. The highest BCUT2D eigenvalue weighted by atomic mass is 127. The van der Waals surface area contributed by atoms with Crippen molar-refractivity contribution in [1.82, 2.24) is 5.32 Å². The Balaban J connectivity index is 3.22. The van der Waals surface area contributed by atoms with Crippen molar-refractivity contribution in [2.45, 2.75) is 10.8 Å². The molecule has 60 valence electrons. The van der Waals surface area contributed by atoms with Gasteiger partial charge >= 0.3 is 0 Å². The van der Waals surface area contributed by atoms with Crippen LogP contribution in [0.5, 0.6) is 0 Å². The van der Waals surface area contributed by atoms with E-state index >= 15 is 0 Å². The molecule has 1 N–H and O–H groups in total. The fourth-order valence-electron chi connectivity index (χ4n) is 0.417. The lowest BCUT2D eigenvalue weighted by atomic mass is 10.4. The summed E-state index contributed by atoms with van der Waals surface area (Å²) in [5.41, 5.74) is 0. The van der Waals surface area contributed by atoms with Gasteiger partial charge in [-0.05, 0) is 6.92 Å². The number of nitrogens with one attached hydrogen (secondary N) is 1. The summed E-state index contributed by atoms with van der Waals surface area (Å²) in [7, 11) is 1.61. The lowest BCUT2D eigenvalue weighted by Gasteiger charge is -2.04. The molecule has 0 fully saturated rings. The molecule has 1 unspecified atom stereocenters. The van der Waals surface area contributed by atoms with E-state index in [9.17, 15) is 4.79 Å². The Morgan fingerprint density at radius 2 is 2.40 bits per heavy atom. The Hall–Kier alpha value is 0.160. The summed E-state index contributed by atoms with van der Waals surface area (Å²) < 4.78 is 4.79. The van der Waals surface area contributed by atoms with Crippen LogP contribution in [-0.4, -0.2) is 30.1 Å². The van der Waals surface area contributed by atoms with Gasteiger partial charge in [-0.25, -0.2) is 0 Å². The van der Waals surface area contributed by atoms with Crippen molar-refractivity contribution in [3.05, 3.63) is 0 Å². The van der Waals surface area contributed by atoms with Gasteiger partial charge in [-0.2, -0.15) is 0 Å². The molecule has 4 heteroatoms. The van der Waals surface area contributed by atoms with Gasteiger partial charge in [-0.15, -0.1) is 0 Å². The van der Waals surface area contributed by atoms with Crippen molar-refractivity contribution >= 4 is 28.5 Å². The number of amides is 1. The van der Waals surface area contributed by atoms with E-state index in [0.717, 1.165) is 0 Å². The zero-order chi connectivity index (χ0) is 7.98. The Morgan fingerprint density at radius 3 is 2.80 bits per heavy atom. The number of ether oxygens (including phenoxy) is 1. The number of alkyl halides is 1. The largest absolute Gasteiger partial charge is 0.383 e. The summed E-state index contributed by atoms with van der Waals surface area (Å²) in [5, 5.41) is 2.71. The molecule has 1 amide bonds. The summed E-state index contributed by atoms with van der Waals surface area (Å²) in [4.78, 5) is 10.8. The molecule has 0 spiro atoms. The van der Waals surface area contributed by atoms with E-state index < -0.39 is 0 Å². The van der Waals surface area contributed by atoms with Crippen LogP contribution in [0.1, 0.15) is 6.92 Å². The predicted octanol–water partition coefficient (Wildman–Crippen LogP) is 0.572. The molecule has 0 saturated heterocycles. The Kier molecular flexibility index (Phi) is 6.00. The van der Waals surface area contributed by atoms with Gasteiger partial charge in [0.2, 0.25) is 5.91 Å². The number of hydrogen-bond donors (Lipinski definition) is 1. The normalized spacial score (nSPS) is 12.7. The summed E-state index contributed by atoms with van der Waals surface area (Å²) in [5.74, 6) is 0.0673. The van der Waals surface area contributed by atoms with Crippen LogP contribution >= 0.6 is 22.6 Å². The Labute approximate surface area is 74.7 Å². The number of carbonyl (C=O) groups is 1. The van der Waals surface area contributed by atoms with Gasteiger partial charge in [0.25, 0.3) is 0 Å². The topological polar surface area (TPSA) is 38.3 Å². The summed E-state index contributed by atoms with van der Waals surface area (Å²) in [6, 6.07) is 0. The van der Waals surface area contributed by atoms with Gasteiger partial charge in [-0.1, -0.05) is 22.6 Å². The number of methoxy groups -OCH3 is 1. The van der Waals surface area contributed by atoms with E-state index in [0.29, 0.717) is 13.2 Å². The fourth-order valence-corrected chi connectivity index (χ4v) is 0.637. The average molecular weight is 257 g/mol. The van der Waals surface area contributed by atoms with E-state index in [2.05, 4.69) is 27.9 Å². The molecule has 3 nitrogen and oxygen atoms in total. The van der Waals surface area contributed by atoms with Crippen LogP contribution in [-0.2, 0) is 9.53 Å². The SMILES string of the molecule is COCCNC(=O)C(C)I. The van der Waals surface area contributed by atoms with E-state index in [1.807, 2.05) is 6.92 Å². The van der Waals surface area contributed by atoms with Crippen molar-refractivity contribution in [3.63, 3.8) is 0 Å². The molecule has 0 aliphatic rings. The second-order valence-electron chi connectivity index (χ2n) is 1.90. The van der Waals surface area contributed by atoms with Crippen molar-refractivity contribution in [3.8, 4) is 0 Å². The van der Waals surface area contributed by atoms with Gasteiger partial charge in [0.05, 0.1) is 10.5 Å². The molecule has 0 aromatic heterocycles. The minimum atomic E-state index is 0.0365. The number of hydrogen-bond acceptors (Lipinski definition) is 2. The van der Waals surface area contributed by atoms with Crippen molar-refractivity contribution < 1.29 is 9.53 Å². The first-order valence-corrected chi connectivity index (χ1v) is 4.33. The first-order valence-electron chi connectivity index (χ1n) is 3.09. The number of halogens is 1. The molecule has 0 heterocycles. The highest BCUT2D eigenvalue weighted by Gasteiger charge is 2.05. The Bertz CT molecular complexity index is 106. The predicted molar refractivity (Wildman–Crippen MR) is 48.4 cm³/mol. The molecular weight excluding hydrogens is 245 g/mol. The van der Waals surface area contributed by atoms with Crippen LogP contribution in [0.2, 0.25) is 0 Å². The van der Waals surface area contributed by atoms with Crippen LogP contribution in [0.15, 0.2) is 0 Å². The number of rotatable bonds is 4. The monoisotopic (exact) mass is 257 g/mol. The van der Waals surface area contributed by atoms with Crippen LogP contribution in [0.25, 0.3) is 0 Å². The fraction of sp³-hybridized carbons (Fsp3) is 0.833. The molecular formula is C6H12INO2. The van der Waals surface area contributed by atoms with Crippen LogP contribution < -0.4 is 5.32 Å². The van der Waals surface area contributed by atoms with E-state index in [-0.39, 0.29) is 9.83 Å². The third-order valence-electron chi connectivity index (χ3n) is 0.967. The van der Waals surface area contributed by atoms with E-state index in [1.54, 1.807) is 7.11 Å². The Morgan fingerprint density at radius 1 is 1.80 bits per heavy atom. The molecule has 0 aromatic carbocycles. The van der Waals surface area contributed by atoms with E-state index in [4.69, 9.17) is 4.74 Å². The molecule has 0 saturated carbocycles. The minimum absolute atomic E-state index is 0.0365. The summed E-state index contributed by atoms with van der Waals surface area (Å²) in [6.07, 6.45) is 0. The van der Waals surface area contributed by atoms with Gasteiger partial charge in [0, 0.05) is 13.7 Å². The van der Waals surface area contributed by atoms with Gasteiger partial charge in [0.1, 0.15) is 0 Å². The smallest absolute Gasteiger partial charge is 0.232 e. The maximum absolute atomic E-state index is 10.8. The van der Waals surface area contributed by atoms with E-state index in [1.165, 1.54) is 0 Å². The molecule has 0 aromatic rings. The van der Waals surface area contributed by atoms with Gasteiger partial charge < -0.3 is 10.1 Å². The zero-order valence-electron chi connectivity index (χ0n) is 6.19. The van der Waals surface area contributed by atoms with Crippen molar-refractivity contribution in [2.75, 3.05) is 20.3 Å². The highest BCUT2D eigenvalue weighted by Crippen LogP contribution is 1.96. The highest BCUT2D eigenvalue weighted by molar-refractivity contribution is 14.1. The van der Waals surface area contributed by atoms with Crippen molar-refractivity contribution in [1.29, 1.82) is 0 Å². The molecule has 0 rings (SSSR count). The third kappa shape index (κ3) is 4.99. The second kappa shape index (κ2) is 5.91. The molecule has 0 bridgehead atoms. The second-order valence-corrected chi connectivity index (χ2v) is 3.77. The lowest BCUT2D eigenvalue weighted by Crippen LogP contribution is -2.31. The third-order valence-corrected chi connectivity index (χ3v) is 1.53. The molecule has 0 aliphatic heterocycles. The molecule has 0 radical (unpaired) electrons. The zero-order valence-corrected chi connectivity index (χ0v) is 8.34.